The molecule has 120 valence electrons. The number of benzene rings is 2. The molecule has 0 heterocycles. The van der Waals surface area contributed by atoms with Crippen LogP contribution in [0.3, 0.4) is 0 Å². The Morgan fingerprint density at radius 2 is 1.83 bits per heavy atom. The van der Waals surface area contributed by atoms with Gasteiger partial charge in [-0.2, -0.15) is 13.7 Å². The SMILES string of the molecule is CON(c1ccc(SC)cc1C#N)S(=O)(=O)c1ccc(C)cc1. The standard InChI is InChI=1S/C16H16N2O3S2/c1-12-4-7-15(8-5-12)23(19,20)18(21-2)16-9-6-14(22-3)10-13(16)11-17/h4-10H,1-3H3. The maximum absolute atomic E-state index is 12.8. The molecule has 0 N–H and O–H groups in total. The van der Waals surface area contributed by atoms with Gasteiger partial charge in [-0.15, -0.1) is 16.2 Å². The van der Waals surface area contributed by atoms with E-state index in [9.17, 15) is 13.7 Å². The maximum atomic E-state index is 12.8. The molecule has 2 aromatic rings. The number of sulfonamides is 1. The van der Waals surface area contributed by atoms with Crippen LogP contribution in [-0.4, -0.2) is 21.8 Å². The molecule has 0 aliphatic rings. The lowest BCUT2D eigenvalue weighted by atomic mass is 10.2. The van der Waals surface area contributed by atoms with E-state index in [2.05, 4.69) is 0 Å². The monoisotopic (exact) mass is 348 g/mol. The van der Waals surface area contributed by atoms with Crippen molar-refractivity contribution in [3.63, 3.8) is 0 Å². The molecule has 0 unspecified atom stereocenters. The molecule has 0 fully saturated rings. The van der Waals surface area contributed by atoms with Crippen molar-refractivity contribution in [2.45, 2.75) is 16.7 Å². The molecule has 23 heavy (non-hydrogen) atoms. The van der Waals surface area contributed by atoms with Crippen LogP contribution in [0.15, 0.2) is 52.3 Å². The Hall–Kier alpha value is -2.01. The minimum Gasteiger partial charge on any atom is -0.262 e. The molecule has 5 nitrogen and oxygen atoms in total. The minimum atomic E-state index is -3.92. The molecule has 0 atom stereocenters. The Morgan fingerprint density at radius 3 is 2.35 bits per heavy atom. The van der Waals surface area contributed by atoms with Crippen LogP contribution in [0.25, 0.3) is 0 Å². The van der Waals surface area contributed by atoms with E-state index >= 15 is 0 Å². The summed E-state index contributed by atoms with van der Waals surface area (Å²) in [6.07, 6.45) is 1.88. The highest BCUT2D eigenvalue weighted by Crippen LogP contribution is 2.30. The van der Waals surface area contributed by atoms with Crippen LogP contribution in [-0.2, 0) is 14.9 Å². The van der Waals surface area contributed by atoms with Gasteiger partial charge in [-0.25, -0.2) is 0 Å². The predicted molar refractivity (Wildman–Crippen MR) is 90.8 cm³/mol. The predicted octanol–water partition coefficient (Wildman–Crippen LogP) is 3.35. The number of hydrogen-bond donors (Lipinski definition) is 0. The van der Waals surface area contributed by atoms with Crippen molar-refractivity contribution in [2.24, 2.45) is 0 Å². The van der Waals surface area contributed by atoms with E-state index < -0.39 is 10.0 Å². The van der Waals surface area contributed by atoms with Crippen molar-refractivity contribution in [1.29, 1.82) is 5.26 Å². The first kappa shape index (κ1) is 17.3. The zero-order chi connectivity index (χ0) is 17.0. The highest BCUT2D eigenvalue weighted by molar-refractivity contribution is 7.98. The van der Waals surface area contributed by atoms with Gasteiger partial charge in [0, 0.05) is 4.90 Å². The smallest absolute Gasteiger partial charge is 0.262 e. The third kappa shape index (κ3) is 3.50. The van der Waals surface area contributed by atoms with Gasteiger partial charge in [0.1, 0.15) is 6.07 Å². The van der Waals surface area contributed by atoms with Gasteiger partial charge in [0.25, 0.3) is 10.0 Å². The van der Waals surface area contributed by atoms with Gasteiger partial charge in [0.2, 0.25) is 0 Å². The third-order valence-electron chi connectivity index (χ3n) is 3.22. The van der Waals surface area contributed by atoms with E-state index in [1.165, 1.54) is 31.0 Å². The number of aryl methyl sites for hydroxylation is 1. The van der Waals surface area contributed by atoms with Gasteiger partial charge in [0.15, 0.2) is 0 Å². The zero-order valence-corrected chi connectivity index (χ0v) is 14.6. The van der Waals surface area contributed by atoms with Gasteiger partial charge >= 0.3 is 0 Å². The van der Waals surface area contributed by atoms with Crippen molar-refractivity contribution < 1.29 is 13.3 Å². The first-order chi connectivity index (χ1) is 10.9. The summed E-state index contributed by atoms with van der Waals surface area (Å²) in [6, 6.07) is 13.4. The second-order valence-electron chi connectivity index (χ2n) is 4.72. The summed E-state index contributed by atoms with van der Waals surface area (Å²) in [6.45, 7) is 1.87. The lowest BCUT2D eigenvalue weighted by Gasteiger charge is -2.22. The van der Waals surface area contributed by atoms with Crippen LogP contribution < -0.4 is 4.47 Å². The molecule has 2 aromatic carbocycles. The van der Waals surface area contributed by atoms with Gasteiger partial charge in [0.05, 0.1) is 23.3 Å². The molecule has 7 heteroatoms. The molecule has 0 aliphatic carbocycles. The molecule has 0 saturated heterocycles. The molecule has 0 spiro atoms. The lowest BCUT2D eigenvalue weighted by Crippen LogP contribution is -2.30. The Balaban J connectivity index is 2.55. The van der Waals surface area contributed by atoms with Crippen LogP contribution >= 0.6 is 11.8 Å². The highest BCUT2D eigenvalue weighted by atomic mass is 32.2. The first-order valence-electron chi connectivity index (χ1n) is 6.68. The molecule has 0 saturated carbocycles. The first-order valence-corrected chi connectivity index (χ1v) is 9.34. The topological polar surface area (TPSA) is 70.4 Å². The van der Waals surface area contributed by atoms with Gasteiger partial charge < -0.3 is 0 Å². The molecule has 0 aromatic heterocycles. The average molecular weight is 348 g/mol. The zero-order valence-electron chi connectivity index (χ0n) is 13.0. The van der Waals surface area contributed by atoms with Crippen molar-refractivity contribution in [2.75, 3.05) is 17.8 Å². The number of rotatable bonds is 5. The number of hydrogen-bond acceptors (Lipinski definition) is 5. The molecule has 0 bridgehead atoms. The average Bonchev–Trinajstić information content (AvgIpc) is 2.56. The van der Waals surface area contributed by atoms with Crippen LogP contribution in [0.5, 0.6) is 0 Å². The summed E-state index contributed by atoms with van der Waals surface area (Å²) in [5.41, 5.74) is 1.37. The summed E-state index contributed by atoms with van der Waals surface area (Å²) >= 11 is 1.47. The van der Waals surface area contributed by atoms with E-state index in [-0.39, 0.29) is 16.1 Å². The van der Waals surface area contributed by atoms with Gasteiger partial charge in [-0.3, -0.25) is 4.84 Å². The molecular formula is C16H16N2O3S2. The summed E-state index contributed by atoms with van der Waals surface area (Å²) in [4.78, 5) is 6.06. The molecule has 0 amide bonds. The Morgan fingerprint density at radius 1 is 1.17 bits per heavy atom. The third-order valence-corrected chi connectivity index (χ3v) is 5.60. The van der Waals surface area contributed by atoms with Crippen molar-refractivity contribution in [3.05, 3.63) is 53.6 Å². The quantitative estimate of drug-likeness (QED) is 0.612. The summed E-state index contributed by atoms with van der Waals surface area (Å²) < 4.78 is 26.3. The molecule has 2 rings (SSSR count). The number of nitriles is 1. The Kier molecular flexibility index (Phi) is 5.31. The van der Waals surface area contributed by atoms with Crippen LogP contribution in [0.4, 0.5) is 5.69 Å². The van der Waals surface area contributed by atoms with Crippen LogP contribution in [0, 0.1) is 18.3 Å². The van der Waals surface area contributed by atoms with E-state index in [1.807, 2.05) is 19.2 Å². The lowest BCUT2D eigenvalue weighted by molar-refractivity contribution is 0.216. The Labute approximate surface area is 140 Å². The highest BCUT2D eigenvalue weighted by Gasteiger charge is 2.27. The van der Waals surface area contributed by atoms with Crippen LogP contribution in [0.1, 0.15) is 11.1 Å². The second-order valence-corrected chi connectivity index (χ2v) is 7.36. The maximum Gasteiger partial charge on any atom is 0.286 e. The van der Waals surface area contributed by atoms with E-state index in [1.54, 1.807) is 30.3 Å². The van der Waals surface area contributed by atoms with Gasteiger partial charge in [-0.1, -0.05) is 17.7 Å². The van der Waals surface area contributed by atoms with E-state index in [0.717, 1.165) is 14.9 Å². The molecule has 0 radical (unpaired) electrons. The molecule has 0 aliphatic heterocycles. The van der Waals surface area contributed by atoms with Crippen molar-refractivity contribution >= 4 is 27.5 Å². The fraction of sp³-hybridized carbons (Fsp3) is 0.188. The largest absolute Gasteiger partial charge is 0.286 e. The summed E-state index contributed by atoms with van der Waals surface area (Å²) in [5.74, 6) is 0. The fourth-order valence-electron chi connectivity index (χ4n) is 2.02. The minimum absolute atomic E-state index is 0.0998. The van der Waals surface area contributed by atoms with E-state index in [4.69, 9.17) is 4.84 Å². The Bertz CT molecular complexity index is 841. The number of thioether (sulfide) groups is 1. The second kappa shape index (κ2) is 7.04. The summed E-state index contributed by atoms with van der Waals surface area (Å²) in [5, 5.41) is 9.32. The fourth-order valence-corrected chi connectivity index (χ4v) is 3.75. The van der Waals surface area contributed by atoms with Crippen LogP contribution in [0.2, 0.25) is 0 Å². The number of nitrogens with zero attached hydrogens (tertiary/aromatic N) is 2. The van der Waals surface area contributed by atoms with Crippen molar-refractivity contribution in [3.8, 4) is 6.07 Å². The summed E-state index contributed by atoms with van der Waals surface area (Å²) in [7, 11) is -2.66. The van der Waals surface area contributed by atoms with E-state index in [0.29, 0.717) is 0 Å². The number of anilines is 1. The molecular weight excluding hydrogens is 332 g/mol. The van der Waals surface area contributed by atoms with Crippen molar-refractivity contribution in [1.82, 2.24) is 0 Å². The normalized spacial score (nSPS) is 11.0. The van der Waals surface area contributed by atoms with Gasteiger partial charge in [-0.05, 0) is 43.5 Å².